The van der Waals surface area contributed by atoms with Crippen LogP contribution >= 0.6 is 22.6 Å². The largest absolute Gasteiger partial charge is 0.326 e. The molecule has 0 radical (unpaired) electrons. The van der Waals surface area contributed by atoms with Crippen LogP contribution in [0.4, 0.5) is 5.69 Å². The molecule has 0 heterocycles. The number of rotatable bonds is 5. The molecule has 130 valence electrons. The molecular formula is C18H18IN3O3. The summed E-state index contributed by atoms with van der Waals surface area (Å²) in [5.41, 5.74) is 6.24. The highest BCUT2D eigenvalue weighted by Crippen LogP contribution is 2.12. The van der Waals surface area contributed by atoms with Gasteiger partial charge in [-0.15, -0.1) is 0 Å². The number of nitrogens with one attached hydrogen (secondary N) is 3. The first kappa shape index (κ1) is 18.9. The number of hydrazine groups is 1. The lowest BCUT2D eigenvalue weighted by Crippen LogP contribution is -2.41. The van der Waals surface area contributed by atoms with Crippen LogP contribution in [0.2, 0.25) is 0 Å². The summed E-state index contributed by atoms with van der Waals surface area (Å²) in [6.45, 7) is 1.93. The second-order valence-corrected chi connectivity index (χ2v) is 6.43. The van der Waals surface area contributed by atoms with Crippen LogP contribution in [-0.2, 0) is 4.79 Å². The van der Waals surface area contributed by atoms with Crippen molar-refractivity contribution in [2.45, 2.75) is 19.8 Å². The lowest BCUT2D eigenvalue weighted by atomic mass is 10.2. The molecule has 0 aliphatic carbocycles. The molecule has 0 bridgehead atoms. The maximum atomic E-state index is 12.1. The van der Waals surface area contributed by atoms with Gasteiger partial charge in [0, 0.05) is 21.2 Å². The average Bonchev–Trinajstić information content (AvgIpc) is 2.60. The Morgan fingerprint density at radius 3 is 2.20 bits per heavy atom. The standard InChI is InChI=1S/C18H18IN3O3/c1-2-5-16(23)20-13-10-8-12(9-11-13)17(24)21-22-18(25)14-6-3-4-7-15(14)19/h3-4,6-11H,2,5H2,1H3,(H,20,23)(H,21,24)(H,22,25). The van der Waals surface area contributed by atoms with Gasteiger partial charge in [0.2, 0.25) is 5.91 Å². The molecule has 0 aromatic heterocycles. The monoisotopic (exact) mass is 451 g/mol. The number of carbonyl (C=O) groups is 3. The van der Waals surface area contributed by atoms with Crippen molar-refractivity contribution in [1.29, 1.82) is 0 Å². The molecule has 0 aliphatic rings. The van der Waals surface area contributed by atoms with Crippen molar-refractivity contribution in [1.82, 2.24) is 10.9 Å². The Hall–Kier alpha value is -2.42. The van der Waals surface area contributed by atoms with Gasteiger partial charge in [-0.3, -0.25) is 25.2 Å². The quantitative estimate of drug-likeness (QED) is 0.483. The lowest BCUT2D eigenvalue weighted by molar-refractivity contribution is -0.116. The molecule has 6 nitrogen and oxygen atoms in total. The lowest BCUT2D eigenvalue weighted by Gasteiger charge is -2.09. The van der Waals surface area contributed by atoms with Gasteiger partial charge >= 0.3 is 0 Å². The minimum atomic E-state index is -0.439. The van der Waals surface area contributed by atoms with Crippen LogP contribution in [0.25, 0.3) is 0 Å². The molecule has 0 saturated heterocycles. The molecule has 0 atom stereocenters. The minimum absolute atomic E-state index is 0.0653. The van der Waals surface area contributed by atoms with Gasteiger partial charge in [0.05, 0.1) is 5.56 Å². The van der Waals surface area contributed by atoms with Crippen molar-refractivity contribution in [2.75, 3.05) is 5.32 Å². The maximum Gasteiger partial charge on any atom is 0.270 e. The van der Waals surface area contributed by atoms with Gasteiger partial charge < -0.3 is 5.32 Å². The van der Waals surface area contributed by atoms with Gasteiger partial charge in [-0.1, -0.05) is 19.1 Å². The van der Waals surface area contributed by atoms with Gasteiger partial charge in [0.25, 0.3) is 11.8 Å². The summed E-state index contributed by atoms with van der Waals surface area (Å²) in [6.07, 6.45) is 1.22. The number of carbonyl (C=O) groups excluding carboxylic acids is 3. The van der Waals surface area contributed by atoms with Gasteiger partial charge in [-0.05, 0) is 65.4 Å². The summed E-state index contributed by atoms with van der Waals surface area (Å²) < 4.78 is 0.791. The van der Waals surface area contributed by atoms with Crippen molar-refractivity contribution in [3.63, 3.8) is 0 Å². The highest BCUT2D eigenvalue weighted by molar-refractivity contribution is 14.1. The topological polar surface area (TPSA) is 87.3 Å². The van der Waals surface area contributed by atoms with Crippen LogP contribution in [0.15, 0.2) is 48.5 Å². The Morgan fingerprint density at radius 1 is 0.920 bits per heavy atom. The van der Waals surface area contributed by atoms with E-state index < -0.39 is 5.91 Å². The summed E-state index contributed by atoms with van der Waals surface area (Å²) >= 11 is 2.05. The minimum Gasteiger partial charge on any atom is -0.326 e. The second kappa shape index (κ2) is 9.16. The molecule has 0 fully saturated rings. The molecule has 0 spiro atoms. The zero-order chi connectivity index (χ0) is 18.2. The smallest absolute Gasteiger partial charge is 0.270 e. The van der Waals surface area contributed by atoms with Gasteiger partial charge in [0.1, 0.15) is 0 Å². The number of halogens is 1. The van der Waals surface area contributed by atoms with Crippen LogP contribution in [0.5, 0.6) is 0 Å². The van der Waals surface area contributed by atoms with E-state index in [4.69, 9.17) is 0 Å². The highest BCUT2D eigenvalue weighted by Gasteiger charge is 2.11. The van der Waals surface area contributed by atoms with Gasteiger partial charge in [0.15, 0.2) is 0 Å². The Balaban J connectivity index is 1.91. The zero-order valence-electron chi connectivity index (χ0n) is 13.6. The van der Waals surface area contributed by atoms with Crippen LogP contribution in [-0.4, -0.2) is 17.7 Å². The first-order chi connectivity index (χ1) is 12.0. The maximum absolute atomic E-state index is 12.1. The van der Waals surface area contributed by atoms with Crippen molar-refractivity contribution in [2.24, 2.45) is 0 Å². The summed E-state index contributed by atoms with van der Waals surface area (Å²) in [7, 11) is 0. The number of hydrogen-bond acceptors (Lipinski definition) is 3. The van der Waals surface area contributed by atoms with E-state index in [2.05, 4.69) is 38.8 Å². The molecule has 0 unspecified atom stereocenters. The molecule has 0 saturated carbocycles. The van der Waals surface area contributed by atoms with Crippen LogP contribution < -0.4 is 16.2 Å². The molecule has 7 heteroatoms. The third-order valence-electron chi connectivity index (χ3n) is 3.32. The molecule has 2 aromatic rings. The fraction of sp³-hybridized carbons (Fsp3) is 0.167. The molecule has 25 heavy (non-hydrogen) atoms. The van der Waals surface area contributed by atoms with Crippen molar-refractivity contribution >= 4 is 46.0 Å². The van der Waals surface area contributed by atoms with Crippen LogP contribution in [0.1, 0.15) is 40.5 Å². The van der Waals surface area contributed by atoms with Crippen LogP contribution in [0, 0.1) is 3.57 Å². The summed E-state index contributed by atoms with van der Waals surface area (Å²) in [5.74, 6) is -0.892. The number of hydrogen-bond donors (Lipinski definition) is 3. The van der Waals surface area contributed by atoms with E-state index in [1.807, 2.05) is 19.1 Å². The van der Waals surface area contributed by atoms with Gasteiger partial charge in [-0.25, -0.2) is 0 Å². The fourth-order valence-corrected chi connectivity index (χ4v) is 2.69. The summed E-state index contributed by atoms with van der Waals surface area (Å²) in [4.78, 5) is 35.7. The van der Waals surface area contributed by atoms with Crippen molar-refractivity contribution in [3.8, 4) is 0 Å². The van der Waals surface area contributed by atoms with E-state index in [-0.39, 0.29) is 11.8 Å². The first-order valence-electron chi connectivity index (χ1n) is 7.76. The van der Waals surface area contributed by atoms with E-state index in [1.54, 1.807) is 36.4 Å². The van der Waals surface area contributed by atoms with E-state index in [9.17, 15) is 14.4 Å². The Morgan fingerprint density at radius 2 is 1.56 bits per heavy atom. The van der Waals surface area contributed by atoms with Crippen LogP contribution in [0.3, 0.4) is 0 Å². The fourth-order valence-electron chi connectivity index (χ4n) is 2.05. The predicted molar refractivity (Wildman–Crippen MR) is 104 cm³/mol. The van der Waals surface area contributed by atoms with E-state index in [1.165, 1.54) is 0 Å². The van der Waals surface area contributed by atoms with Crippen molar-refractivity contribution in [3.05, 3.63) is 63.2 Å². The number of amides is 3. The molecule has 3 amide bonds. The first-order valence-corrected chi connectivity index (χ1v) is 8.84. The predicted octanol–water partition coefficient (Wildman–Crippen LogP) is 3.10. The summed E-state index contributed by atoms with van der Waals surface area (Å²) in [6, 6.07) is 13.5. The van der Waals surface area contributed by atoms with Crippen molar-refractivity contribution < 1.29 is 14.4 Å². The molecule has 2 aromatic carbocycles. The Bertz CT molecular complexity index is 775. The van der Waals surface area contributed by atoms with E-state index in [0.29, 0.717) is 23.2 Å². The molecule has 3 N–H and O–H groups in total. The Kier molecular flexibility index (Phi) is 6.93. The SMILES string of the molecule is CCCC(=O)Nc1ccc(C(=O)NNC(=O)c2ccccc2I)cc1. The zero-order valence-corrected chi connectivity index (χ0v) is 15.8. The van der Waals surface area contributed by atoms with Gasteiger partial charge in [-0.2, -0.15) is 0 Å². The number of benzene rings is 2. The Labute approximate surface area is 159 Å². The summed E-state index contributed by atoms with van der Waals surface area (Å²) in [5, 5.41) is 2.75. The van der Waals surface area contributed by atoms with E-state index >= 15 is 0 Å². The molecule has 2 rings (SSSR count). The normalized spacial score (nSPS) is 10.0. The third-order valence-corrected chi connectivity index (χ3v) is 4.26. The van der Waals surface area contributed by atoms with E-state index in [0.717, 1.165) is 9.99 Å². The average molecular weight is 451 g/mol. The molecular weight excluding hydrogens is 433 g/mol. The highest BCUT2D eigenvalue weighted by atomic mass is 127. The third kappa shape index (κ3) is 5.56. The molecule has 0 aliphatic heterocycles. The second-order valence-electron chi connectivity index (χ2n) is 5.26. The number of anilines is 1.